The Morgan fingerprint density at radius 2 is 2.13 bits per heavy atom. The molecular formula is C17H20N4O2. The highest BCUT2D eigenvalue weighted by Crippen LogP contribution is 2.29. The summed E-state index contributed by atoms with van der Waals surface area (Å²) in [6, 6.07) is 7.83. The van der Waals surface area contributed by atoms with E-state index in [4.69, 9.17) is 10.5 Å². The molecule has 2 heterocycles. The molecule has 23 heavy (non-hydrogen) atoms. The van der Waals surface area contributed by atoms with Crippen molar-refractivity contribution in [1.82, 2.24) is 14.5 Å². The number of ether oxygens (including phenoxy) is 1. The largest absolute Gasteiger partial charge is 0.516 e. The number of benzene rings is 1. The van der Waals surface area contributed by atoms with E-state index in [1.54, 1.807) is 0 Å². The molecule has 3 N–H and O–H groups in total. The van der Waals surface area contributed by atoms with E-state index >= 15 is 0 Å². The second-order valence-electron chi connectivity index (χ2n) is 5.44. The predicted octanol–water partition coefficient (Wildman–Crippen LogP) is 3.17. The van der Waals surface area contributed by atoms with Crippen LogP contribution in [0.1, 0.15) is 19.7 Å². The first-order valence-electron chi connectivity index (χ1n) is 7.56. The lowest BCUT2D eigenvalue weighted by Crippen LogP contribution is -2.07. The van der Waals surface area contributed by atoms with E-state index in [9.17, 15) is 5.11 Å². The van der Waals surface area contributed by atoms with Crippen molar-refractivity contribution in [2.45, 2.75) is 27.0 Å². The van der Waals surface area contributed by atoms with Gasteiger partial charge in [-0.3, -0.25) is 0 Å². The Bertz CT molecular complexity index is 883. The Kier molecular flexibility index (Phi) is 4.16. The lowest BCUT2D eigenvalue weighted by molar-refractivity contribution is 0.126. The quantitative estimate of drug-likeness (QED) is 0.707. The number of rotatable bonds is 5. The van der Waals surface area contributed by atoms with Crippen molar-refractivity contribution in [2.75, 3.05) is 12.3 Å². The first-order chi connectivity index (χ1) is 11.2. The van der Waals surface area contributed by atoms with E-state index in [1.807, 2.05) is 42.7 Å². The van der Waals surface area contributed by atoms with Crippen LogP contribution >= 0.6 is 0 Å². The lowest BCUT2D eigenvalue weighted by atomic mass is 10.2. The number of imidazole rings is 1. The highest BCUT2D eigenvalue weighted by molar-refractivity contribution is 6.06. The summed E-state index contributed by atoms with van der Waals surface area (Å²) < 4.78 is 7.57. The van der Waals surface area contributed by atoms with Crippen LogP contribution in [0, 0.1) is 0 Å². The Morgan fingerprint density at radius 3 is 2.87 bits per heavy atom. The second kappa shape index (κ2) is 6.26. The van der Waals surface area contributed by atoms with Gasteiger partial charge in [-0.1, -0.05) is 18.2 Å². The number of para-hydroxylation sites is 1. The normalized spacial score (nSPS) is 12.3. The summed E-state index contributed by atoms with van der Waals surface area (Å²) in [6.45, 7) is 5.31. The number of anilines is 1. The smallest absolute Gasteiger partial charge is 0.152 e. The van der Waals surface area contributed by atoms with Gasteiger partial charge in [-0.25, -0.2) is 9.97 Å². The summed E-state index contributed by atoms with van der Waals surface area (Å²) in [5.74, 6) is 1.17. The van der Waals surface area contributed by atoms with Crippen LogP contribution in [0.4, 0.5) is 5.82 Å². The maximum atomic E-state index is 9.28. The number of fused-ring (bicyclic) bond motifs is 3. The van der Waals surface area contributed by atoms with Gasteiger partial charge >= 0.3 is 0 Å². The van der Waals surface area contributed by atoms with E-state index < -0.39 is 0 Å². The van der Waals surface area contributed by atoms with E-state index in [0.29, 0.717) is 31.1 Å². The van der Waals surface area contributed by atoms with Gasteiger partial charge in [0.05, 0.1) is 17.3 Å². The summed E-state index contributed by atoms with van der Waals surface area (Å²) in [4.78, 5) is 9.06. The molecule has 0 atom stereocenters. The molecule has 0 fully saturated rings. The van der Waals surface area contributed by atoms with Crippen molar-refractivity contribution in [1.29, 1.82) is 0 Å². The monoisotopic (exact) mass is 312 g/mol. The Morgan fingerprint density at radius 1 is 1.35 bits per heavy atom. The first-order valence-corrected chi connectivity index (χ1v) is 7.56. The van der Waals surface area contributed by atoms with E-state index in [-0.39, 0.29) is 0 Å². The van der Waals surface area contributed by atoms with Gasteiger partial charge in [0.1, 0.15) is 17.9 Å². The third-order valence-corrected chi connectivity index (χ3v) is 3.75. The Balaban J connectivity index is 2.32. The zero-order valence-corrected chi connectivity index (χ0v) is 13.3. The fourth-order valence-corrected chi connectivity index (χ4v) is 2.67. The average Bonchev–Trinajstić information content (AvgIpc) is 2.92. The Labute approximate surface area is 134 Å². The standard InChI is InChI=1S/C17H20N4O2/c1-3-23-10-14-20-15-16(21(14)8-11(2)9-22)12-6-4-5-7-13(12)19-17(15)18/h4-7,9,22H,3,8,10H2,1-2H3,(H2,18,19)/b11-9-. The van der Waals surface area contributed by atoms with Gasteiger partial charge in [0, 0.05) is 18.5 Å². The van der Waals surface area contributed by atoms with E-state index in [1.165, 1.54) is 0 Å². The Hall–Kier alpha value is -2.60. The minimum absolute atomic E-state index is 0.387. The van der Waals surface area contributed by atoms with Gasteiger partial charge < -0.3 is 20.1 Å². The number of aromatic nitrogens is 3. The maximum Gasteiger partial charge on any atom is 0.152 e. The molecule has 0 saturated heterocycles. The van der Waals surface area contributed by atoms with E-state index in [2.05, 4.69) is 9.97 Å². The summed E-state index contributed by atoms with van der Waals surface area (Å²) in [7, 11) is 0. The molecule has 6 heteroatoms. The van der Waals surface area contributed by atoms with Gasteiger partial charge in [-0.2, -0.15) is 0 Å². The molecule has 0 aliphatic heterocycles. The highest BCUT2D eigenvalue weighted by atomic mass is 16.5. The van der Waals surface area contributed by atoms with Crippen LogP contribution in [0.15, 0.2) is 36.1 Å². The number of aliphatic hydroxyl groups excluding tert-OH is 1. The van der Waals surface area contributed by atoms with Gasteiger partial charge in [0.15, 0.2) is 5.82 Å². The van der Waals surface area contributed by atoms with Gasteiger partial charge in [-0.05, 0) is 25.5 Å². The van der Waals surface area contributed by atoms with Crippen LogP contribution in [0.2, 0.25) is 0 Å². The number of nitrogens with zero attached hydrogens (tertiary/aromatic N) is 3. The third-order valence-electron chi connectivity index (χ3n) is 3.75. The molecular weight excluding hydrogens is 292 g/mol. The predicted molar refractivity (Wildman–Crippen MR) is 91.2 cm³/mol. The number of pyridine rings is 1. The number of allylic oxidation sites excluding steroid dienone is 1. The molecule has 3 aromatic rings. The number of hydrogen-bond acceptors (Lipinski definition) is 5. The molecule has 0 unspecified atom stereocenters. The fraction of sp³-hybridized carbons (Fsp3) is 0.294. The average molecular weight is 312 g/mol. The van der Waals surface area contributed by atoms with Crippen LogP contribution in [-0.4, -0.2) is 26.2 Å². The minimum Gasteiger partial charge on any atom is -0.516 e. The second-order valence-corrected chi connectivity index (χ2v) is 5.44. The van der Waals surface area contributed by atoms with Crippen molar-refractivity contribution in [3.05, 3.63) is 41.9 Å². The molecule has 6 nitrogen and oxygen atoms in total. The molecule has 0 saturated carbocycles. The van der Waals surface area contributed by atoms with Crippen molar-refractivity contribution in [3.63, 3.8) is 0 Å². The van der Waals surface area contributed by atoms with Crippen LogP contribution in [0.5, 0.6) is 0 Å². The fourth-order valence-electron chi connectivity index (χ4n) is 2.67. The van der Waals surface area contributed by atoms with Crippen molar-refractivity contribution in [2.24, 2.45) is 0 Å². The van der Waals surface area contributed by atoms with Crippen LogP contribution in [0.25, 0.3) is 21.9 Å². The number of nitrogen functional groups attached to an aromatic ring is 1. The van der Waals surface area contributed by atoms with Crippen LogP contribution in [-0.2, 0) is 17.9 Å². The molecule has 0 spiro atoms. The van der Waals surface area contributed by atoms with Crippen LogP contribution < -0.4 is 5.73 Å². The maximum absolute atomic E-state index is 9.28. The van der Waals surface area contributed by atoms with Crippen molar-refractivity contribution in [3.8, 4) is 0 Å². The summed E-state index contributed by atoms with van der Waals surface area (Å²) in [5, 5.41) is 10.3. The molecule has 3 rings (SSSR count). The number of hydrogen-bond donors (Lipinski definition) is 2. The molecule has 0 amide bonds. The topological polar surface area (TPSA) is 86.2 Å². The molecule has 0 aliphatic rings. The van der Waals surface area contributed by atoms with Gasteiger partial charge in [0.25, 0.3) is 0 Å². The number of aliphatic hydroxyl groups is 1. The first kappa shape index (κ1) is 15.3. The molecule has 0 aliphatic carbocycles. The molecule has 1 aromatic carbocycles. The zero-order valence-electron chi connectivity index (χ0n) is 13.3. The summed E-state index contributed by atoms with van der Waals surface area (Å²) in [5.41, 5.74) is 9.34. The molecule has 0 radical (unpaired) electrons. The zero-order chi connectivity index (χ0) is 16.4. The highest BCUT2D eigenvalue weighted by Gasteiger charge is 2.17. The van der Waals surface area contributed by atoms with E-state index in [0.717, 1.165) is 34.1 Å². The van der Waals surface area contributed by atoms with Gasteiger partial charge in [-0.15, -0.1) is 0 Å². The summed E-state index contributed by atoms with van der Waals surface area (Å²) >= 11 is 0. The molecule has 120 valence electrons. The summed E-state index contributed by atoms with van der Waals surface area (Å²) in [6.07, 6.45) is 1.11. The molecule has 0 bridgehead atoms. The van der Waals surface area contributed by atoms with Crippen molar-refractivity contribution < 1.29 is 9.84 Å². The third kappa shape index (κ3) is 2.73. The van der Waals surface area contributed by atoms with Crippen molar-refractivity contribution >= 4 is 27.8 Å². The molecule has 2 aromatic heterocycles. The SMILES string of the molecule is CCOCc1nc2c(N)nc3ccccc3c2n1C/C(C)=C\O. The van der Waals surface area contributed by atoms with Gasteiger partial charge in [0.2, 0.25) is 0 Å². The van der Waals surface area contributed by atoms with Crippen LogP contribution in [0.3, 0.4) is 0 Å². The minimum atomic E-state index is 0.387. The lowest BCUT2D eigenvalue weighted by Gasteiger charge is -2.10. The number of nitrogens with two attached hydrogens (primary N) is 1.